The lowest BCUT2D eigenvalue weighted by molar-refractivity contribution is 0.440. The smallest absolute Gasteiger partial charge is 0.328 e. The van der Waals surface area contributed by atoms with Gasteiger partial charge in [0.2, 0.25) is 11.9 Å². The first kappa shape index (κ1) is 14.3. The number of hydrogen-bond acceptors (Lipinski definition) is 7. The maximum Gasteiger partial charge on any atom is 0.328 e. The van der Waals surface area contributed by atoms with E-state index in [1.165, 1.54) is 0 Å². The summed E-state index contributed by atoms with van der Waals surface area (Å²) in [7, 11) is 3.61. The summed E-state index contributed by atoms with van der Waals surface area (Å²) in [6.07, 6.45) is 0. The van der Waals surface area contributed by atoms with Crippen molar-refractivity contribution in [1.29, 1.82) is 0 Å². The molecule has 0 atom stereocenters. The summed E-state index contributed by atoms with van der Waals surface area (Å²) in [4.78, 5) is 14.0. The number of nitrogens with one attached hydrogen (secondary N) is 1. The second-order valence-corrected chi connectivity index (χ2v) is 4.72. The van der Waals surface area contributed by atoms with Gasteiger partial charge >= 0.3 is 6.01 Å². The van der Waals surface area contributed by atoms with E-state index in [0.717, 1.165) is 5.56 Å². The van der Waals surface area contributed by atoms with E-state index in [9.17, 15) is 0 Å². The molecule has 0 fully saturated rings. The molecule has 1 aromatic carbocycles. The van der Waals surface area contributed by atoms with Gasteiger partial charge in [0.25, 0.3) is 0 Å². The third-order valence-corrected chi connectivity index (χ3v) is 2.72. The molecule has 1 heterocycles. The Hall–Kier alpha value is -2.12. The molecule has 0 unspecified atom stereocenters. The van der Waals surface area contributed by atoms with E-state index in [0.29, 0.717) is 16.7 Å². The van der Waals surface area contributed by atoms with Crippen molar-refractivity contribution in [3.8, 4) is 11.8 Å². The molecule has 0 amide bonds. The zero-order chi connectivity index (χ0) is 14.7. The minimum Gasteiger partial charge on any atom is -0.423 e. The second kappa shape index (κ2) is 5.89. The monoisotopic (exact) mass is 294 g/mol. The third-order valence-electron chi connectivity index (χ3n) is 2.42. The SMILES string of the molecule is Cc1ccc(Oc2nc(NN)nc(N(C)C)n2)c(Cl)c1. The molecule has 0 aliphatic carbocycles. The number of rotatable bonds is 4. The van der Waals surface area contributed by atoms with Crippen LogP contribution in [-0.2, 0) is 0 Å². The van der Waals surface area contributed by atoms with Gasteiger partial charge in [-0.05, 0) is 24.6 Å². The van der Waals surface area contributed by atoms with Crippen molar-refractivity contribution in [1.82, 2.24) is 15.0 Å². The fraction of sp³-hybridized carbons (Fsp3) is 0.250. The molecule has 0 aliphatic heterocycles. The number of aryl methyl sites for hydroxylation is 1. The van der Waals surface area contributed by atoms with Crippen molar-refractivity contribution in [2.45, 2.75) is 6.92 Å². The predicted molar refractivity (Wildman–Crippen MR) is 78.2 cm³/mol. The van der Waals surface area contributed by atoms with Crippen LogP contribution in [0.3, 0.4) is 0 Å². The van der Waals surface area contributed by atoms with Crippen LogP contribution in [0.5, 0.6) is 11.8 Å². The molecule has 7 nitrogen and oxygen atoms in total. The van der Waals surface area contributed by atoms with Gasteiger partial charge in [0, 0.05) is 14.1 Å². The Labute approximate surface area is 121 Å². The molecule has 2 rings (SSSR count). The van der Waals surface area contributed by atoms with Crippen molar-refractivity contribution in [3.05, 3.63) is 28.8 Å². The molecule has 1 aromatic heterocycles. The number of nitrogen functional groups attached to an aromatic ring is 1. The minimum absolute atomic E-state index is 0.113. The number of hydrazine groups is 1. The number of hydrogen-bond donors (Lipinski definition) is 2. The van der Waals surface area contributed by atoms with Crippen molar-refractivity contribution < 1.29 is 4.74 Å². The second-order valence-electron chi connectivity index (χ2n) is 4.32. The summed E-state index contributed by atoms with van der Waals surface area (Å²) >= 11 is 6.11. The van der Waals surface area contributed by atoms with E-state index in [2.05, 4.69) is 20.4 Å². The van der Waals surface area contributed by atoms with Crippen LogP contribution >= 0.6 is 11.6 Å². The topological polar surface area (TPSA) is 89.2 Å². The van der Waals surface area contributed by atoms with Crippen LogP contribution in [0.25, 0.3) is 0 Å². The standard InChI is InChI=1S/C12H15ClN6O/c1-7-4-5-9(8(13)6-7)20-12-16-10(18-14)15-11(17-12)19(2)3/h4-6H,14H2,1-3H3,(H,15,16,17,18). The highest BCUT2D eigenvalue weighted by molar-refractivity contribution is 6.32. The van der Waals surface area contributed by atoms with Gasteiger partial charge in [-0.1, -0.05) is 17.7 Å². The van der Waals surface area contributed by atoms with Gasteiger partial charge < -0.3 is 9.64 Å². The van der Waals surface area contributed by atoms with Gasteiger partial charge in [-0.15, -0.1) is 0 Å². The Morgan fingerprint density at radius 3 is 2.60 bits per heavy atom. The lowest BCUT2D eigenvalue weighted by Gasteiger charge is -2.13. The molecular weight excluding hydrogens is 280 g/mol. The van der Waals surface area contributed by atoms with Crippen molar-refractivity contribution in [3.63, 3.8) is 0 Å². The number of nitrogens with zero attached hydrogens (tertiary/aromatic N) is 4. The number of ether oxygens (including phenoxy) is 1. The fourth-order valence-corrected chi connectivity index (χ4v) is 1.72. The van der Waals surface area contributed by atoms with Crippen LogP contribution in [0.4, 0.5) is 11.9 Å². The van der Waals surface area contributed by atoms with Crippen molar-refractivity contribution in [2.24, 2.45) is 5.84 Å². The van der Waals surface area contributed by atoms with Crippen LogP contribution in [-0.4, -0.2) is 29.0 Å². The van der Waals surface area contributed by atoms with E-state index in [4.69, 9.17) is 22.2 Å². The minimum atomic E-state index is 0.113. The van der Waals surface area contributed by atoms with Crippen LogP contribution in [0.1, 0.15) is 5.56 Å². The zero-order valence-electron chi connectivity index (χ0n) is 11.4. The van der Waals surface area contributed by atoms with Gasteiger partial charge in [-0.3, -0.25) is 5.43 Å². The summed E-state index contributed by atoms with van der Waals surface area (Å²) in [6, 6.07) is 5.55. The van der Waals surface area contributed by atoms with E-state index < -0.39 is 0 Å². The number of halogens is 1. The Morgan fingerprint density at radius 1 is 1.25 bits per heavy atom. The maximum absolute atomic E-state index is 6.11. The van der Waals surface area contributed by atoms with Gasteiger partial charge in [0.05, 0.1) is 5.02 Å². The van der Waals surface area contributed by atoms with Crippen molar-refractivity contribution in [2.75, 3.05) is 24.4 Å². The molecule has 0 radical (unpaired) electrons. The molecule has 0 bridgehead atoms. The summed E-state index contributed by atoms with van der Waals surface area (Å²) in [5, 5.41) is 0.485. The highest BCUT2D eigenvalue weighted by atomic mass is 35.5. The summed E-state index contributed by atoms with van der Waals surface area (Å²) < 4.78 is 5.58. The molecule has 8 heteroatoms. The van der Waals surface area contributed by atoms with Crippen LogP contribution in [0.15, 0.2) is 18.2 Å². The summed E-state index contributed by atoms with van der Waals surface area (Å²) in [5.41, 5.74) is 3.41. The molecule has 0 spiro atoms. The highest BCUT2D eigenvalue weighted by Gasteiger charge is 2.11. The quantitative estimate of drug-likeness (QED) is 0.658. The Bertz CT molecular complexity index is 619. The van der Waals surface area contributed by atoms with Crippen LogP contribution in [0, 0.1) is 6.92 Å². The Morgan fingerprint density at radius 2 is 2.00 bits per heavy atom. The van der Waals surface area contributed by atoms with Crippen molar-refractivity contribution >= 4 is 23.5 Å². The zero-order valence-corrected chi connectivity index (χ0v) is 12.1. The first-order valence-corrected chi connectivity index (χ1v) is 6.21. The normalized spacial score (nSPS) is 10.2. The lowest BCUT2D eigenvalue weighted by Crippen LogP contribution is -2.17. The average molecular weight is 295 g/mol. The maximum atomic E-state index is 6.11. The summed E-state index contributed by atoms with van der Waals surface area (Å²) in [5.74, 6) is 6.43. The molecule has 106 valence electrons. The fourth-order valence-electron chi connectivity index (χ4n) is 1.44. The van der Waals surface area contributed by atoms with Gasteiger partial charge in [-0.2, -0.15) is 15.0 Å². The van der Waals surface area contributed by atoms with Crippen LogP contribution < -0.4 is 20.9 Å². The Kier molecular flexibility index (Phi) is 4.21. The van der Waals surface area contributed by atoms with E-state index >= 15 is 0 Å². The number of nitrogens with two attached hydrogens (primary N) is 1. The molecule has 0 saturated heterocycles. The molecule has 20 heavy (non-hydrogen) atoms. The predicted octanol–water partition coefficient (Wildman–Crippen LogP) is 1.98. The lowest BCUT2D eigenvalue weighted by atomic mass is 10.2. The molecule has 3 N–H and O–H groups in total. The molecule has 0 aliphatic rings. The van der Waals surface area contributed by atoms with Gasteiger partial charge in [-0.25, -0.2) is 5.84 Å². The number of anilines is 2. The molecule has 2 aromatic rings. The van der Waals surface area contributed by atoms with Crippen LogP contribution in [0.2, 0.25) is 5.02 Å². The first-order valence-electron chi connectivity index (χ1n) is 5.83. The van der Waals surface area contributed by atoms with E-state index in [-0.39, 0.29) is 12.0 Å². The number of aromatic nitrogens is 3. The first-order chi connectivity index (χ1) is 9.49. The van der Waals surface area contributed by atoms with Gasteiger partial charge in [0.1, 0.15) is 5.75 Å². The van der Waals surface area contributed by atoms with E-state index in [1.807, 2.05) is 13.0 Å². The molecular formula is C12H15ClN6O. The largest absolute Gasteiger partial charge is 0.423 e. The average Bonchev–Trinajstić information content (AvgIpc) is 2.41. The highest BCUT2D eigenvalue weighted by Crippen LogP contribution is 2.29. The van der Waals surface area contributed by atoms with E-state index in [1.54, 1.807) is 31.1 Å². The Balaban J connectivity index is 2.34. The molecule has 0 saturated carbocycles. The third kappa shape index (κ3) is 3.25. The summed E-state index contributed by atoms with van der Waals surface area (Å²) in [6.45, 7) is 1.94. The number of benzene rings is 1. The van der Waals surface area contributed by atoms with Gasteiger partial charge in [0.15, 0.2) is 0 Å².